The number of aliphatic hydroxyl groups excluding tert-OH is 1. The molecule has 1 amide bonds. The van der Waals surface area contributed by atoms with E-state index in [-0.39, 0.29) is 11.7 Å². The van der Waals surface area contributed by atoms with Gasteiger partial charge in [0.2, 0.25) is 5.91 Å². The Labute approximate surface area is 115 Å². The number of carbonyl (C=O) groups is 1. The maximum Gasteiger partial charge on any atom is 0.226 e. The number of amides is 1. The third-order valence-corrected chi connectivity index (χ3v) is 3.21. The van der Waals surface area contributed by atoms with Gasteiger partial charge in [-0.15, -0.1) is 0 Å². The lowest BCUT2D eigenvalue weighted by Gasteiger charge is -2.19. The number of hydrogen-bond donors (Lipinski definition) is 1. The third-order valence-electron chi connectivity index (χ3n) is 3.21. The van der Waals surface area contributed by atoms with Crippen molar-refractivity contribution in [3.63, 3.8) is 0 Å². The second-order valence-electron chi connectivity index (χ2n) is 4.87. The minimum absolute atomic E-state index is 0.136. The quantitative estimate of drug-likeness (QED) is 0.595. The highest BCUT2D eigenvalue weighted by Gasteiger charge is 2.11. The molecule has 19 heavy (non-hydrogen) atoms. The molecule has 0 aliphatic carbocycles. The first-order valence-corrected chi connectivity index (χ1v) is 6.71. The molecular weight excluding hydrogens is 238 g/mol. The Hall–Kier alpha value is -1.77. The van der Waals surface area contributed by atoms with Crippen molar-refractivity contribution in [3.05, 3.63) is 42.2 Å². The Morgan fingerprint density at radius 2 is 1.84 bits per heavy atom. The Morgan fingerprint density at radius 3 is 2.47 bits per heavy atom. The molecule has 0 atom stereocenters. The topological polar surface area (TPSA) is 40.5 Å². The van der Waals surface area contributed by atoms with E-state index in [0.717, 1.165) is 30.5 Å². The SMILES string of the molecule is C=C(O)CCCCCC(=O)N(C)c1ccccc1C. The number of para-hydroxylation sites is 1. The van der Waals surface area contributed by atoms with Crippen LogP contribution >= 0.6 is 0 Å². The van der Waals surface area contributed by atoms with Gasteiger partial charge in [-0.25, -0.2) is 0 Å². The van der Waals surface area contributed by atoms with Gasteiger partial charge in [0.05, 0.1) is 5.76 Å². The first kappa shape index (κ1) is 15.3. The van der Waals surface area contributed by atoms with E-state index in [1.54, 1.807) is 4.90 Å². The van der Waals surface area contributed by atoms with Crippen LogP contribution in [0.25, 0.3) is 0 Å². The van der Waals surface area contributed by atoms with Crippen molar-refractivity contribution >= 4 is 11.6 Å². The van der Waals surface area contributed by atoms with Crippen molar-refractivity contribution < 1.29 is 9.90 Å². The molecule has 3 nitrogen and oxygen atoms in total. The first-order valence-electron chi connectivity index (χ1n) is 6.71. The van der Waals surface area contributed by atoms with Crippen LogP contribution < -0.4 is 4.90 Å². The van der Waals surface area contributed by atoms with Gasteiger partial charge in [0, 0.05) is 25.6 Å². The summed E-state index contributed by atoms with van der Waals surface area (Å²) in [6.07, 6.45) is 3.84. The van der Waals surface area contributed by atoms with Gasteiger partial charge in [-0.3, -0.25) is 4.79 Å². The molecule has 1 aromatic rings. The summed E-state index contributed by atoms with van der Waals surface area (Å²) < 4.78 is 0. The number of anilines is 1. The van der Waals surface area contributed by atoms with Crippen LogP contribution in [0.3, 0.4) is 0 Å². The number of aliphatic hydroxyl groups is 1. The highest BCUT2D eigenvalue weighted by molar-refractivity contribution is 5.93. The van der Waals surface area contributed by atoms with E-state index < -0.39 is 0 Å². The molecule has 0 fully saturated rings. The maximum absolute atomic E-state index is 12.1. The van der Waals surface area contributed by atoms with Crippen LogP contribution in [-0.2, 0) is 4.79 Å². The average molecular weight is 261 g/mol. The second kappa shape index (κ2) is 7.62. The maximum atomic E-state index is 12.1. The lowest BCUT2D eigenvalue weighted by molar-refractivity contribution is -0.118. The standard InChI is InChI=1S/C16H23NO2/c1-13-9-7-8-11-15(13)17(3)16(19)12-6-4-5-10-14(2)18/h7-9,11,18H,2,4-6,10,12H2,1,3H3. The minimum atomic E-state index is 0.136. The molecule has 0 bridgehead atoms. The summed E-state index contributed by atoms with van der Waals surface area (Å²) >= 11 is 0. The molecule has 1 aromatic carbocycles. The van der Waals surface area contributed by atoms with Crippen molar-refractivity contribution in [2.24, 2.45) is 0 Å². The van der Waals surface area contributed by atoms with Gasteiger partial charge in [0.15, 0.2) is 0 Å². The smallest absolute Gasteiger partial charge is 0.226 e. The predicted octanol–water partition coefficient (Wildman–Crippen LogP) is 3.98. The third kappa shape index (κ3) is 5.16. The van der Waals surface area contributed by atoms with Gasteiger partial charge < -0.3 is 10.0 Å². The Morgan fingerprint density at radius 1 is 1.21 bits per heavy atom. The lowest BCUT2D eigenvalue weighted by Crippen LogP contribution is -2.26. The number of aryl methyl sites for hydroxylation is 1. The van der Waals surface area contributed by atoms with E-state index in [1.165, 1.54) is 0 Å². The molecular formula is C16H23NO2. The molecule has 0 radical (unpaired) electrons. The van der Waals surface area contributed by atoms with Crippen LogP contribution in [0.4, 0.5) is 5.69 Å². The van der Waals surface area contributed by atoms with E-state index in [4.69, 9.17) is 5.11 Å². The Kier molecular flexibility index (Phi) is 6.13. The van der Waals surface area contributed by atoms with Gasteiger partial charge in [-0.05, 0) is 31.4 Å². The molecule has 0 aliphatic rings. The predicted molar refractivity (Wildman–Crippen MR) is 79.4 cm³/mol. The zero-order valence-electron chi connectivity index (χ0n) is 11.9. The normalized spacial score (nSPS) is 10.2. The number of hydrogen-bond acceptors (Lipinski definition) is 2. The molecule has 0 saturated heterocycles. The van der Waals surface area contributed by atoms with E-state index in [1.807, 2.05) is 38.2 Å². The fraction of sp³-hybridized carbons (Fsp3) is 0.438. The Balaban J connectivity index is 2.37. The fourth-order valence-corrected chi connectivity index (χ4v) is 2.02. The summed E-state index contributed by atoms with van der Waals surface area (Å²) in [4.78, 5) is 13.8. The zero-order chi connectivity index (χ0) is 14.3. The van der Waals surface area contributed by atoms with Crippen molar-refractivity contribution in [3.8, 4) is 0 Å². The molecule has 0 heterocycles. The van der Waals surface area contributed by atoms with Crippen molar-refractivity contribution in [2.75, 3.05) is 11.9 Å². The molecule has 104 valence electrons. The number of benzene rings is 1. The van der Waals surface area contributed by atoms with Crippen LogP contribution in [-0.4, -0.2) is 18.1 Å². The average Bonchev–Trinajstić information content (AvgIpc) is 2.37. The van der Waals surface area contributed by atoms with Crippen LogP contribution in [0.2, 0.25) is 0 Å². The number of unbranched alkanes of at least 4 members (excludes halogenated alkanes) is 2. The van der Waals surface area contributed by atoms with Gasteiger partial charge >= 0.3 is 0 Å². The fourth-order valence-electron chi connectivity index (χ4n) is 2.02. The van der Waals surface area contributed by atoms with Crippen molar-refractivity contribution in [1.82, 2.24) is 0 Å². The molecule has 0 aromatic heterocycles. The van der Waals surface area contributed by atoms with Crippen LogP contribution in [0.1, 0.15) is 37.7 Å². The summed E-state index contributed by atoms with van der Waals surface area (Å²) in [5.74, 6) is 0.362. The molecule has 0 aliphatic heterocycles. The van der Waals surface area contributed by atoms with Crippen LogP contribution in [0.15, 0.2) is 36.6 Å². The highest BCUT2D eigenvalue weighted by Crippen LogP contribution is 2.19. The summed E-state index contributed by atoms with van der Waals surface area (Å²) in [6, 6.07) is 7.88. The molecule has 0 spiro atoms. The van der Waals surface area contributed by atoms with Gasteiger partial charge in [-0.2, -0.15) is 0 Å². The van der Waals surface area contributed by atoms with Gasteiger partial charge in [0.25, 0.3) is 0 Å². The molecule has 0 saturated carbocycles. The summed E-state index contributed by atoms with van der Waals surface area (Å²) in [6.45, 7) is 5.45. The van der Waals surface area contributed by atoms with Crippen molar-refractivity contribution in [2.45, 2.75) is 39.0 Å². The summed E-state index contributed by atoms with van der Waals surface area (Å²) in [5, 5.41) is 8.96. The van der Waals surface area contributed by atoms with Crippen molar-refractivity contribution in [1.29, 1.82) is 0 Å². The minimum Gasteiger partial charge on any atom is -0.513 e. The molecule has 1 N–H and O–H groups in total. The lowest BCUT2D eigenvalue weighted by atomic mass is 10.1. The molecule has 3 heteroatoms. The number of rotatable bonds is 7. The molecule has 1 rings (SSSR count). The van der Waals surface area contributed by atoms with Gasteiger partial charge in [-0.1, -0.05) is 31.2 Å². The van der Waals surface area contributed by atoms with Gasteiger partial charge in [0.1, 0.15) is 0 Å². The Bertz CT molecular complexity index is 440. The second-order valence-corrected chi connectivity index (χ2v) is 4.87. The number of allylic oxidation sites excluding steroid dienone is 1. The zero-order valence-corrected chi connectivity index (χ0v) is 11.9. The summed E-state index contributed by atoms with van der Waals surface area (Å²) in [5.41, 5.74) is 2.08. The largest absolute Gasteiger partial charge is 0.513 e. The highest BCUT2D eigenvalue weighted by atomic mass is 16.3. The van der Waals surface area contributed by atoms with E-state index in [0.29, 0.717) is 12.8 Å². The monoisotopic (exact) mass is 261 g/mol. The van der Waals surface area contributed by atoms with Crippen LogP contribution in [0, 0.1) is 6.92 Å². The molecule has 0 unspecified atom stereocenters. The number of nitrogens with zero attached hydrogens (tertiary/aromatic N) is 1. The first-order chi connectivity index (χ1) is 9.02. The summed E-state index contributed by atoms with van der Waals surface area (Å²) in [7, 11) is 1.82. The van der Waals surface area contributed by atoms with E-state index >= 15 is 0 Å². The number of carbonyl (C=O) groups excluding carboxylic acids is 1. The van der Waals surface area contributed by atoms with E-state index in [2.05, 4.69) is 6.58 Å². The van der Waals surface area contributed by atoms with E-state index in [9.17, 15) is 4.79 Å². The van der Waals surface area contributed by atoms with Crippen LogP contribution in [0.5, 0.6) is 0 Å².